The summed E-state index contributed by atoms with van der Waals surface area (Å²) < 4.78 is 0. The maximum Gasteiger partial charge on any atom is 0.0501 e. The van der Waals surface area contributed by atoms with Crippen molar-refractivity contribution in [3.05, 3.63) is 24.0 Å². The maximum atomic E-state index is 4.06. The largest absolute Gasteiger partial charge is 0.382 e. The molecule has 0 saturated heterocycles. The molecule has 60 valence electrons. The van der Waals surface area contributed by atoms with Crippen LogP contribution in [0.5, 0.6) is 0 Å². The summed E-state index contributed by atoms with van der Waals surface area (Å²) in [4.78, 5) is 4.06. The Morgan fingerprint density at radius 2 is 2.64 bits per heavy atom. The fraction of sp³-hybridized carbons (Fsp3) is 0.444. The van der Waals surface area contributed by atoms with Crippen LogP contribution in [0.15, 0.2) is 29.0 Å². The standard InChI is InChI=1S/C9H14N2/c1-8(2)3-4-9-7-10-5-6-11-9/h5,7,11H,1,3-4,6H2,2H3. The number of rotatable bonds is 3. The summed E-state index contributed by atoms with van der Waals surface area (Å²) in [6.45, 7) is 6.76. The summed E-state index contributed by atoms with van der Waals surface area (Å²) >= 11 is 0. The summed E-state index contributed by atoms with van der Waals surface area (Å²) in [5.74, 6) is 0. The first-order valence-corrected chi connectivity index (χ1v) is 3.88. The Bertz CT molecular complexity index is 202. The summed E-state index contributed by atoms with van der Waals surface area (Å²) in [6, 6.07) is 0. The summed E-state index contributed by atoms with van der Waals surface area (Å²) in [5.41, 5.74) is 2.44. The van der Waals surface area contributed by atoms with E-state index in [1.165, 1.54) is 11.3 Å². The van der Waals surface area contributed by atoms with Crippen molar-refractivity contribution in [3.8, 4) is 0 Å². The average molecular weight is 150 g/mol. The van der Waals surface area contributed by atoms with E-state index in [0.29, 0.717) is 0 Å². The van der Waals surface area contributed by atoms with Gasteiger partial charge in [0.1, 0.15) is 0 Å². The molecule has 1 aliphatic heterocycles. The van der Waals surface area contributed by atoms with Gasteiger partial charge in [-0.3, -0.25) is 4.99 Å². The Morgan fingerprint density at radius 3 is 3.18 bits per heavy atom. The van der Waals surface area contributed by atoms with Crippen LogP contribution in [0.2, 0.25) is 0 Å². The van der Waals surface area contributed by atoms with Crippen molar-refractivity contribution in [2.24, 2.45) is 4.99 Å². The van der Waals surface area contributed by atoms with Crippen molar-refractivity contribution in [3.63, 3.8) is 0 Å². The number of nitrogens with zero attached hydrogens (tertiary/aromatic N) is 1. The third-order valence-electron chi connectivity index (χ3n) is 1.58. The van der Waals surface area contributed by atoms with Crippen LogP contribution in [-0.4, -0.2) is 12.8 Å². The normalized spacial score (nSPS) is 15.5. The van der Waals surface area contributed by atoms with Crippen LogP contribution in [0.25, 0.3) is 0 Å². The molecule has 0 bridgehead atoms. The molecule has 0 radical (unpaired) electrons. The van der Waals surface area contributed by atoms with Crippen LogP contribution in [0.4, 0.5) is 0 Å². The van der Waals surface area contributed by atoms with Gasteiger partial charge < -0.3 is 5.32 Å². The number of hydrogen-bond donors (Lipinski definition) is 1. The number of nitrogens with one attached hydrogen (secondary N) is 1. The van der Waals surface area contributed by atoms with Crippen LogP contribution < -0.4 is 5.32 Å². The lowest BCUT2D eigenvalue weighted by atomic mass is 10.1. The second-order valence-corrected chi connectivity index (χ2v) is 2.82. The molecule has 0 aromatic heterocycles. The van der Waals surface area contributed by atoms with Crippen molar-refractivity contribution < 1.29 is 0 Å². The van der Waals surface area contributed by atoms with Gasteiger partial charge in [0.05, 0.1) is 6.54 Å². The van der Waals surface area contributed by atoms with E-state index in [1.807, 2.05) is 19.3 Å². The second-order valence-electron chi connectivity index (χ2n) is 2.82. The van der Waals surface area contributed by atoms with Gasteiger partial charge in [-0.25, -0.2) is 0 Å². The topological polar surface area (TPSA) is 24.4 Å². The molecule has 0 unspecified atom stereocenters. The van der Waals surface area contributed by atoms with Crippen LogP contribution in [0, 0.1) is 0 Å². The first-order chi connectivity index (χ1) is 5.29. The molecule has 1 heterocycles. The Kier molecular flexibility index (Phi) is 2.90. The SMILES string of the molecule is C=C(C)CCC1=CN=CCN1. The van der Waals surface area contributed by atoms with Crippen LogP contribution >= 0.6 is 0 Å². The molecule has 0 aliphatic carbocycles. The predicted molar refractivity (Wildman–Crippen MR) is 48.6 cm³/mol. The highest BCUT2D eigenvalue weighted by atomic mass is 14.9. The molecule has 1 rings (SSSR count). The van der Waals surface area contributed by atoms with Gasteiger partial charge in [0, 0.05) is 18.1 Å². The van der Waals surface area contributed by atoms with Crippen LogP contribution in [0.1, 0.15) is 19.8 Å². The monoisotopic (exact) mass is 150 g/mol. The number of hydrogen-bond acceptors (Lipinski definition) is 2. The van der Waals surface area contributed by atoms with Crippen molar-refractivity contribution >= 4 is 6.21 Å². The summed E-state index contributed by atoms with van der Waals surface area (Å²) in [5, 5.41) is 3.25. The molecule has 1 aliphatic rings. The highest BCUT2D eigenvalue weighted by molar-refractivity contribution is 5.62. The Balaban J connectivity index is 2.31. The van der Waals surface area contributed by atoms with E-state index in [2.05, 4.69) is 16.9 Å². The van der Waals surface area contributed by atoms with E-state index in [4.69, 9.17) is 0 Å². The van der Waals surface area contributed by atoms with Crippen LogP contribution in [-0.2, 0) is 0 Å². The van der Waals surface area contributed by atoms with Crippen molar-refractivity contribution in [1.82, 2.24) is 5.32 Å². The van der Waals surface area contributed by atoms with Crippen molar-refractivity contribution in [2.45, 2.75) is 19.8 Å². The molecule has 1 N–H and O–H groups in total. The van der Waals surface area contributed by atoms with Crippen molar-refractivity contribution in [2.75, 3.05) is 6.54 Å². The molecular formula is C9H14N2. The van der Waals surface area contributed by atoms with Gasteiger partial charge in [-0.1, -0.05) is 5.57 Å². The Hall–Kier alpha value is -1.05. The van der Waals surface area contributed by atoms with Crippen molar-refractivity contribution in [1.29, 1.82) is 0 Å². The first-order valence-electron chi connectivity index (χ1n) is 3.88. The van der Waals surface area contributed by atoms with E-state index in [1.54, 1.807) is 0 Å². The minimum absolute atomic E-state index is 0.863. The smallest absolute Gasteiger partial charge is 0.0501 e. The van der Waals surface area contributed by atoms with Crippen LogP contribution in [0.3, 0.4) is 0 Å². The van der Waals surface area contributed by atoms with E-state index in [9.17, 15) is 0 Å². The van der Waals surface area contributed by atoms with Gasteiger partial charge in [-0.05, 0) is 19.8 Å². The zero-order valence-electron chi connectivity index (χ0n) is 6.93. The Labute approximate surface area is 67.7 Å². The van der Waals surface area contributed by atoms with Gasteiger partial charge in [-0.2, -0.15) is 0 Å². The summed E-state index contributed by atoms with van der Waals surface area (Å²) in [7, 11) is 0. The fourth-order valence-corrected chi connectivity index (χ4v) is 0.919. The van der Waals surface area contributed by atoms with Gasteiger partial charge in [0.15, 0.2) is 0 Å². The molecule has 0 saturated carbocycles. The van der Waals surface area contributed by atoms with E-state index >= 15 is 0 Å². The van der Waals surface area contributed by atoms with Gasteiger partial charge in [0.25, 0.3) is 0 Å². The molecule has 0 aromatic carbocycles. The van der Waals surface area contributed by atoms with E-state index < -0.39 is 0 Å². The zero-order valence-corrected chi connectivity index (χ0v) is 6.93. The third-order valence-corrected chi connectivity index (χ3v) is 1.58. The van der Waals surface area contributed by atoms with Gasteiger partial charge >= 0.3 is 0 Å². The lowest BCUT2D eigenvalue weighted by molar-refractivity contribution is 0.796. The predicted octanol–water partition coefficient (Wildman–Crippen LogP) is 1.86. The minimum Gasteiger partial charge on any atom is -0.382 e. The minimum atomic E-state index is 0.863. The maximum absolute atomic E-state index is 4.06. The first kappa shape index (κ1) is 8.05. The Morgan fingerprint density at radius 1 is 1.82 bits per heavy atom. The highest BCUT2D eigenvalue weighted by Gasteiger charge is 1.97. The van der Waals surface area contributed by atoms with E-state index in [-0.39, 0.29) is 0 Å². The lowest BCUT2D eigenvalue weighted by Gasteiger charge is -2.10. The zero-order chi connectivity index (χ0) is 8.10. The quantitative estimate of drug-likeness (QED) is 0.610. The average Bonchev–Trinajstić information content (AvgIpc) is 2.03. The molecule has 0 spiro atoms. The van der Waals surface area contributed by atoms with E-state index in [0.717, 1.165) is 19.4 Å². The fourth-order valence-electron chi connectivity index (χ4n) is 0.919. The molecule has 0 amide bonds. The molecule has 11 heavy (non-hydrogen) atoms. The molecule has 2 nitrogen and oxygen atoms in total. The molecule has 2 heteroatoms. The van der Waals surface area contributed by atoms with Gasteiger partial charge in [0.2, 0.25) is 0 Å². The number of allylic oxidation sites excluding steroid dienone is 2. The van der Waals surface area contributed by atoms with Gasteiger partial charge in [-0.15, -0.1) is 6.58 Å². The summed E-state index contributed by atoms with van der Waals surface area (Å²) in [6.07, 6.45) is 5.83. The third kappa shape index (κ3) is 3.03. The molecule has 0 aromatic rings. The highest BCUT2D eigenvalue weighted by Crippen LogP contribution is 2.08. The second kappa shape index (κ2) is 3.96. The lowest BCUT2D eigenvalue weighted by Crippen LogP contribution is -2.18. The molecule has 0 atom stereocenters. The number of aliphatic imine (C=N–C) groups is 1. The molecule has 0 fully saturated rings. The molecular weight excluding hydrogens is 136 g/mol.